The van der Waals surface area contributed by atoms with E-state index in [0.717, 1.165) is 12.1 Å². The minimum absolute atomic E-state index is 0.0204. The number of benzene rings is 1. The van der Waals surface area contributed by atoms with Crippen LogP contribution in [-0.4, -0.2) is 17.4 Å². The summed E-state index contributed by atoms with van der Waals surface area (Å²) in [5.41, 5.74) is 4.75. The van der Waals surface area contributed by atoms with E-state index in [9.17, 15) is 19.3 Å². The first-order valence-electron chi connectivity index (χ1n) is 4.88. The summed E-state index contributed by atoms with van der Waals surface area (Å²) >= 11 is 0. The number of carbonyl (C=O) groups is 1. The lowest BCUT2D eigenvalue weighted by Gasteiger charge is -2.00. The molecule has 6 nitrogen and oxygen atoms in total. The predicted molar refractivity (Wildman–Crippen MR) is 63.0 cm³/mol. The van der Waals surface area contributed by atoms with Gasteiger partial charge in [-0.05, 0) is 0 Å². The molecule has 0 aromatic heterocycles. The second-order valence-corrected chi connectivity index (χ2v) is 3.36. The number of nitrogens with two attached hydrogens (primary N) is 1. The van der Waals surface area contributed by atoms with Gasteiger partial charge in [-0.3, -0.25) is 14.9 Å². The highest BCUT2D eigenvalue weighted by Gasteiger charge is 2.13. The van der Waals surface area contributed by atoms with E-state index in [2.05, 4.69) is 17.2 Å². The standard InChI is InChI=1S/C11H10FN3O3/c1-7(16)14-4-2-3-8-5-9(15(17)18)6-10(12)11(8)13/h5-6H,4,13H2,1H3,(H,14,16). The van der Waals surface area contributed by atoms with E-state index in [-0.39, 0.29) is 23.7 Å². The molecule has 0 atom stereocenters. The number of amides is 1. The van der Waals surface area contributed by atoms with Crippen LogP contribution in [0.15, 0.2) is 12.1 Å². The van der Waals surface area contributed by atoms with Gasteiger partial charge in [-0.15, -0.1) is 0 Å². The minimum atomic E-state index is -0.895. The third kappa shape index (κ3) is 3.45. The van der Waals surface area contributed by atoms with Gasteiger partial charge >= 0.3 is 0 Å². The molecule has 0 heterocycles. The van der Waals surface area contributed by atoms with E-state index in [1.54, 1.807) is 0 Å². The molecule has 1 aromatic rings. The Morgan fingerprint density at radius 1 is 1.61 bits per heavy atom. The minimum Gasteiger partial charge on any atom is -0.395 e. The van der Waals surface area contributed by atoms with Crippen LogP contribution in [0.2, 0.25) is 0 Å². The van der Waals surface area contributed by atoms with Crippen molar-refractivity contribution in [3.63, 3.8) is 0 Å². The Hall–Kier alpha value is -2.62. The average Bonchev–Trinajstić information content (AvgIpc) is 2.28. The number of anilines is 1. The van der Waals surface area contributed by atoms with Crippen molar-refractivity contribution in [1.82, 2.24) is 5.32 Å². The molecule has 0 aliphatic rings. The summed E-state index contributed by atoms with van der Waals surface area (Å²) in [4.78, 5) is 20.4. The normalized spacial score (nSPS) is 9.22. The SMILES string of the molecule is CC(=O)NCC#Cc1cc([N+](=O)[O-])cc(F)c1N. The van der Waals surface area contributed by atoms with Crippen molar-refractivity contribution in [2.24, 2.45) is 0 Å². The maximum absolute atomic E-state index is 13.3. The van der Waals surface area contributed by atoms with Gasteiger partial charge in [0.15, 0.2) is 5.82 Å². The van der Waals surface area contributed by atoms with Crippen LogP contribution >= 0.6 is 0 Å². The van der Waals surface area contributed by atoms with Gasteiger partial charge in [-0.1, -0.05) is 11.8 Å². The van der Waals surface area contributed by atoms with Gasteiger partial charge in [-0.2, -0.15) is 0 Å². The molecule has 18 heavy (non-hydrogen) atoms. The Bertz CT molecular complexity index is 561. The lowest BCUT2D eigenvalue weighted by atomic mass is 10.1. The van der Waals surface area contributed by atoms with Crippen molar-refractivity contribution in [3.8, 4) is 11.8 Å². The van der Waals surface area contributed by atoms with Crippen LogP contribution < -0.4 is 11.1 Å². The maximum Gasteiger partial charge on any atom is 0.273 e. The van der Waals surface area contributed by atoms with Crippen molar-refractivity contribution in [3.05, 3.63) is 33.6 Å². The number of nitro groups is 1. The molecule has 0 saturated carbocycles. The molecule has 1 aromatic carbocycles. The molecule has 1 rings (SSSR count). The first kappa shape index (κ1) is 13.4. The molecule has 0 saturated heterocycles. The molecule has 0 bridgehead atoms. The molecule has 7 heteroatoms. The monoisotopic (exact) mass is 251 g/mol. The van der Waals surface area contributed by atoms with E-state index in [0.29, 0.717) is 0 Å². The molecule has 0 aliphatic carbocycles. The summed E-state index contributed by atoms with van der Waals surface area (Å²) in [5, 5.41) is 12.9. The lowest BCUT2D eigenvalue weighted by Crippen LogP contribution is -2.19. The number of nitro benzene ring substituents is 1. The van der Waals surface area contributed by atoms with Crippen molar-refractivity contribution >= 4 is 17.3 Å². The fourth-order valence-electron chi connectivity index (χ4n) is 1.12. The number of hydrogen-bond donors (Lipinski definition) is 2. The second kappa shape index (κ2) is 5.63. The molecular formula is C11H10FN3O3. The fourth-order valence-corrected chi connectivity index (χ4v) is 1.12. The summed E-state index contributed by atoms with van der Waals surface area (Å²) in [7, 11) is 0. The summed E-state index contributed by atoms with van der Waals surface area (Å²) in [5.74, 6) is 3.83. The molecule has 0 fully saturated rings. The van der Waals surface area contributed by atoms with Crippen molar-refractivity contribution in [1.29, 1.82) is 0 Å². The van der Waals surface area contributed by atoms with Gasteiger partial charge in [0.25, 0.3) is 5.69 Å². The van der Waals surface area contributed by atoms with Gasteiger partial charge in [0.05, 0.1) is 28.8 Å². The Labute approximate surface area is 102 Å². The first-order chi connectivity index (χ1) is 8.41. The van der Waals surface area contributed by atoms with Gasteiger partial charge in [0.2, 0.25) is 5.91 Å². The Kier molecular flexibility index (Phi) is 4.21. The number of nitrogens with zero attached hydrogens (tertiary/aromatic N) is 1. The summed E-state index contributed by atoms with van der Waals surface area (Å²) < 4.78 is 13.3. The summed E-state index contributed by atoms with van der Waals surface area (Å²) in [6, 6.07) is 1.81. The maximum atomic E-state index is 13.3. The average molecular weight is 251 g/mol. The van der Waals surface area contributed by atoms with Crippen molar-refractivity contribution in [2.45, 2.75) is 6.92 Å². The third-order valence-corrected chi connectivity index (χ3v) is 1.97. The van der Waals surface area contributed by atoms with E-state index in [4.69, 9.17) is 5.73 Å². The van der Waals surface area contributed by atoms with Crippen molar-refractivity contribution < 1.29 is 14.1 Å². The highest BCUT2D eigenvalue weighted by Crippen LogP contribution is 2.22. The molecule has 94 valence electrons. The Morgan fingerprint density at radius 3 is 2.83 bits per heavy atom. The molecule has 0 unspecified atom stereocenters. The topological polar surface area (TPSA) is 98.3 Å². The van der Waals surface area contributed by atoms with E-state index in [1.807, 2.05) is 0 Å². The fraction of sp³-hybridized carbons (Fsp3) is 0.182. The summed E-state index contributed by atoms with van der Waals surface area (Å²) in [6.07, 6.45) is 0. The van der Waals surface area contributed by atoms with Crippen LogP contribution in [0.4, 0.5) is 15.8 Å². The number of nitrogen functional groups attached to an aromatic ring is 1. The molecule has 0 spiro atoms. The Balaban J connectivity index is 3.00. The van der Waals surface area contributed by atoms with Gasteiger partial charge in [-0.25, -0.2) is 4.39 Å². The molecule has 1 amide bonds. The number of non-ortho nitro benzene ring substituents is 1. The zero-order chi connectivity index (χ0) is 13.7. The second-order valence-electron chi connectivity index (χ2n) is 3.36. The molecule has 3 N–H and O–H groups in total. The number of rotatable bonds is 2. The highest BCUT2D eigenvalue weighted by molar-refractivity contribution is 5.73. The number of nitrogens with one attached hydrogen (secondary N) is 1. The van der Waals surface area contributed by atoms with E-state index < -0.39 is 16.4 Å². The highest BCUT2D eigenvalue weighted by atomic mass is 19.1. The van der Waals surface area contributed by atoms with Crippen LogP contribution in [-0.2, 0) is 4.79 Å². The Morgan fingerprint density at radius 2 is 2.28 bits per heavy atom. The van der Waals surface area contributed by atoms with Crippen molar-refractivity contribution in [2.75, 3.05) is 12.3 Å². The van der Waals surface area contributed by atoms with E-state index in [1.165, 1.54) is 6.92 Å². The van der Waals surface area contributed by atoms with Gasteiger partial charge in [0.1, 0.15) is 0 Å². The molecule has 0 radical (unpaired) electrons. The molecule has 0 aliphatic heterocycles. The number of halogens is 1. The quantitative estimate of drug-likeness (QED) is 0.351. The number of hydrogen-bond acceptors (Lipinski definition) is 4. The van der Waals surface area contributed by atoms with Gasteiger partial charge < -0.3 is 11.1 Å². The third-order valence-electron chi connectivity index (χ3n) is 1.97. The smallest absolute Gasteiger partial charge is 0.273 e. The largest absolute Gasteiger partial charge is 0.395 e. The lowest BCUT2D eigenvalue weighted by molar-refractivity contribution is -0.385. The van der Waals surface area contributed by atoms with Crippen LogP contribution in [0.5, 0.6) is 0 Å². The molecular weight excluding hydrogens is 241 g/mol. The number of carbonyl (C=O) groups excluding carboxylic acids is 1. The van der Waals surface area contributed by atoms with Gasteiger partial charge in [0, 0.05) is 13.0 Å². The van der Waals surface area contributed by atoms with E-state index >= 15 is 0 Å². The zero-order valence-electron chi connectivity index (χ0n) is 9.49. The van der Waals surface area contributed by atoms with Crippen LogP contribution in [0, 0.1) is 27.8 Å². The van der Waals surface area contributed by atoms with Crippen LogP contribution in [0.3, 0.4) is 0 Å². The van der Waals surface area contributed by atoms with Crippen LogP contribution in [0.25, 0.3) is 0 Å². The first-order valence-corrected chi connectivity index (χ1v) is 4.88. The zero-order valence-corrected chi connectivity index (χ0v) is 9.49. The summed E-state index contributed by atoms with van der Waals surface area (Å²) in [6.45, 7) is 1.38. The predicted octanol–water partition coefficient (Wildman–Crippen LogP) is 0.804. The van der Waals surface area contributed by atoms with Crippen LogP contribution in [0.1, 0.15) is 12.5 Å².